The third-order valence-corrected chi connectivity index (χ3v) is 1.21. The summed E-state index contributed by atoms with van der Waals surface area (Å²) in [5.74, 6) is 0.887. The van der Waals surface area contributed by atoms with Crippen molar-refractivity contribution in [3.05, 3.63) is 21.9 Å². The van der Waals surface area contributed by atoms with Gasteiger partial charge in [0.25, 0.3) is 5.09 Å². The molecule has 0 radical (unpaired) electrons. The number of aromatic amines is 1. The molecule has 0 unspecified atom stereocenters. The second-order valence-electron chi connectivity index (χ2n) is 2.42. The smallest absolute Gasteiger partial charge is 0.291 e. The van der Waals surface area contributed by atoms with Crippen molar-refractivity contribution in [2.24, 2.45) is 0 Å². The van der Waals surface area contributed by atoms with Crippen molar-refractivity contribution in [1.82, 2.24) is 15.5 Å². The van der Waals surface area contributed by atoms with Crippen molar-refractivity contribution in [2.45, 2.75) is 6.92 Å². The van der Waals surface area contributed by atoms with Crippen LogP contribution in [0.2, 0.25) is 0 Å². The lowest BCUT2D eigenvalue weighted by Gasteiger charge is -2.01. The fourth-order valence-corrected chi connectivity index (χ4v) is 0.673. The van der Waals surface area contributed by atoms with Crippen LogP contribution in [0.15, 0.2) is 6.07 Å². The molecule has 0 aromatic carbocycles. The summed E-state index contributed by atoms with van der Waals surface area (Å²) in [6, 6.07) is 1.83. The van der Waals surface area contributed by atoms with Crippen molar-refractivity contribution >= 4 is 11.8 Å². The zero-order valence-electron chi connectivity index (χ0n) is 8.24. The second kappa shape index (κ2) is 6.18. The van der Waals surface area contributed by atoms with E-state index in [1.807, 2.05) is 13.0 Å². The SMILES string of the molecule is CNC(=N)Nc1cc(C)[nH]n1.O=[N+]([O-])O. The van der Waals surface area contributed by atoms with E-state index in [1.54, 1.807) is 7.05 Å². The van der Waals surface area contributed by atoms with Crippen LogP contribution in [0.4, 0.5) is 5.82 Å². The molecule has 9 heteroatoms. The number of H-pyrrole nitrogens is 1. The summed E-state index contributed by atoms with van der Waals surface area (Å²) in [6.45, 7) is 1.90. The van der Waals surface area contributed by atoms with Gasteiger partial charge in [-0.3, -0.25) is 10.5 Å². The number of rotatable bonds is 1. The van der Waals surface area contributed by atoms with Crippen molar-refractivity contribution in [2.75, 3.05) is 12.4 Å². The summed E-state index contributed by atoms with van der Waals surface area (Å²) in [4.78, 5) is 8.36. The van der Waals surface area contributed by atoms with E-state index in [9.17, 15) is 0 Å². The molecule has 0 saturated carbocycles. The Labute approximate surface area is 85.1 Å². The molecular formula is C6H12N6O3. The molecule has 9 nitrogen and oxygen atoms in total. The lowest BCUT2D eigenvalue weighted by molar-refractivity contribution is -0.742. The summed E-state index contributed by atoms with van der Waals surface area (Å²) in [5, 5.41) is 32.9. The minimum Gasteiger partial charge on any atom is -0.359 e. The Morgan fingerprint density at radius 2 is 2.33 bits per heavy atom. The van der Waals surface area contributed by atoms with Gasteiger partial charge in [0.15, 0.2) is 11.8 Å². The van der Waals surface area contributed by atoms with Crippen molar-refractivity contribution < 1.29 is 10.3 Å². The number of anilines is 1. The molecule has 5 N–H and O–H groups in total. The average molecular weight is 216 g/mol. The average Bonchev–Trinajstić information content (AvgIpc) is 2.50. The quantitative estimate of drug-likeness (QED) is 0.193. The molecule has 1 heterocycles. The van der Waals surface area contributed by atoms with Gasteiger partial charge in [0.2, 0.25) is 0 Å². The molecule has 1 aromatic rings. The third-order valence-electron chi connectivity index (χ3n) is 1.21. The van der Waals surface area contributed by atoms with E-state index in [4.69, 9.17) is 20.7 Å². The van der Waals surface area contributed by atoms with E-state index in [0.29, 0.717) is 5.82 Å². The zero-order chi connectivity index (χ0) is 11.8. The molecule has 0 spiro atoms. The molecule has 0 aliphatic heterocycles. The van der Waals surface area contributed by atoms with Gasteiger partial charge in [-0.2, -0.15) is 5.10 Å². The molecule has 0 bridgehead atoms. The van der Waals surface area contributed by atoms with Gasteiger partial charge in [0, 0.05) is 18.8 Å². The Morgan fingerprint density at radius 1 is 1.80 bits per heavy atom. The molecule has 15 heavy (non-hydrogen) atoms. The minimum atomic E-state index is -1.50. The molecule has 0 saturated heterocycles. The number of aryl methyl sites for hydroxylation is 1. The van der Waals surface area contributed by atoms with Gasteiger partial charge in [0.1, 0.15) is 0 Å². The first-order valence-electron chi connectivity index (χ1n) is 3.84. The van der Waals surface area contributed by atoms with Crippen LogP contribution in [0.25, 0.3) is 0 Å². The van der Waals surface area contributed by atoms with Gasteiger partial charge >= 0.3 is 0 Å². The fourth-order valence-electron chi connectivity index (χ4n) is 0.673. The van der Waals surface area contributed by atoms with E-state index in [0.717, 1.165) is 5.69 Å². The van der Waals surface area contributed by atoms with E-state index in [-0.39, 0.29) is 5.96 Å². The molecule has 84 valence electrons. The van der Waals surface area contributed by atoms with Crippen molar-refractivity contribution in [3.63, 3.8) is 0 Å². The third kappa shape index (κ3) is 6.81. The maximum Gasteiger partial charge on any atom is 0.291 e. The first kappa shape index (κ1) is 12.7. The normalized spacial score (nSPS) is 8.40. The number of hydrogen-bond acceptors (Lipinski definition) is 4. The number of guanidine groups is 1. The number of nitrogens with zero attached hydrogens (tertiary/aromatic N) is 2. The van der Waals surface area contributed by atoms with E-state index in [1.165, 1.54) is 0 Å². The van der Waals surface area contributed by atoms with Crippen LogP contribution in [0.3, 0.4) is 0 Å². The Hall–Kier alpha value is -2.32. The summed E-state index contributed by atoms with van der Waals surface area (Å²) >= 11 is 0. The predicted octanol–water partition coefficient (Wildman–Crippen LogP) is -0.0635. The Bertz CT molecular complexity index is 331. The summed E-state index contributed by atoms with van der Waals surface area (Å²) < 4.78 is 0. The summed E-state index contributed by atoms with van der Waals surface area (Å²) in [7, 11) is 1.68. The molecule has 0 aliphatic carbocycles. The highest BCUT2D eigenvalue weighted by Crippen LogP contribution is 2.01. The highest BCUT2D eigenvalue weighted by molar-refractivity contribution is 5.89. The van der Waals surface area contributed by atoms with E-state index in [2.05, 4.69) is 20.8 Å². The molecule has 0 fully saturated rings. The van der Waals surface area contributed by atoms with Gasteiger partial charge < -0.3 is 15.8 Å². The van der Waals surface area contributed by atoms with Crippen LogP contribution in [0, 0.1) is 22.4 Å². The Morgan fingerprint density at radius 3 is 2.67 bits per heavy atom. The molecule has 1 aromatic heterocycles. The second-order valence-corrected chi connectivity index (χ2v) is 2.42. The summed E-state index contributed by atoms with van der Waals surface area (Å²) in [5.41, 5.74) is 0.969. The molecule has 0 amide bonds. The molecule has 0 atom stereocenters. The van der Waals surface area contributed by atoms with Crippen LogP contribution in [0.5, 0.6) is 0 Å². The largest absolute Gasteiger partial charge is 0.359 e. The van der Waals surface area contributed by atoms with Crippen LogP contribution >= 0.6 is 0 Å². The van der Waals surface area contributed by atoms with E-state index < -0.39 is 5.09 Å². The zero-order valence-corrected chi connectivity index (χ0v) is 8.24. The van der Waals surface area contributed by atoms with Gasteiger partial charge in [-0.15, -0.1) is 10.1 Å². The van der Waals surface area contributed by atoms with Crippen molar-refractivity contribution in [3.8, 4) is 0 Å². The minimum absolute atomic E-state index is 0.233. The van der Waals surface area contributed by atoms with Gasteiger partial charge in [-0.05, 0) is 6.92 Å². The molecule has 0 aliphatic rings. The Balaban J connectivity index is 0.000000423. The molecular weight excluding hydrogens is 204 g/mol. The first-order chi connectivity index (χ1) is 6.95. The van der Waals surface area contributed by atoms with Crippen LogP contribution < -0.4 is 10.6 Å². The lowest BCUT2D eigenvalue weighted by atomic mass is 10.5. The maximum absolute atomic E-state index is 8.36. The topological polar surface area (TPSA) is 140 Å². The van der Waals surface area contributed by atoms with Gasteiger partial charge in [-0.1, -0.05) is 0 Å². The van der Waals surface area contributed by atoms with Gasteiger partial charge in [-0.25, -0.2) is 0 Å². The fraction of sp³-hybridized carbons (Fsp3) is 0.333. The first-order valence-corrected chi connectivity index (χ1v) is 3.84. The van der Waals surface area contributed by atoms with Crippen LogP contribution in [-0.4, -0.2) is 33.5 Å². The highest BCUT2D eigenvalue weighted by atomic mass is 16.9. The van der Waals surface area contributed by atoms with E-state index >= 15 is 0 Å². The summed E-state index contributed by atoms with van der Waals surface area (Å²) in [6.07, 6.45) is 0. The maximum atomic E-state index is 8.36. The number of aromatic nitrogens is 2. The lowest BCUT2D eigenvalue weighted by Crippen LogP contribution is -2.25. The van der Waals surface area contributed by atoms with Crippen molar-refractivity contribution in [1.29, 1.82) is 5.41 Å². The van der Waals surface area contributed by atoms with Crippen LogP contribution in [0.1, 0.15) is 5.69 Å². The molecule has 1 rings (SSSR count). The van der Waals surface area contributed by atoms with Crippen LogP contribution in [-0.2, 0) is 0 Å². The number of hydrogen-bond donors (Lipinski definition) is 5. The Kier molecular flexibility index (Phi) is 5.23. The standard InChI is InChI=1S/C6H11N5.HNO3/c1-4-3-5(11-10-4)9-6(7)8-2;2-1(3)4/h3H,1-2H3,(H4,7,8,9,10,11);(H,2,3,4). The predicted molar refractivity (Wildman–Crippen MR) is 52.5 cm³/mol. The van der Waals surface area contributed by atoms with Gasteiger partial charge in [0.05, 0.1) is 0 Å². The monoisotopic (exact) mass is 216 g/mol. The highest BCUT2D eigenvalue weighted by Gasteiger charge is 1.97. The number of nitrogens with one attached hydrogen (secondary N) is 4.